The van der Waals surface area contributed by atoms with E-state index in [1.54, 1.807) is 0 Å². The highest BCUT2D eigenvalue weighted by molar-refractivity contribution is 5.93. The SMILES string of the molecule is O=C(NC[C@H]1CCCO1)c1cncc(F)c1. The lowest BCUT2D eigenvalue weighted by Gasteiger charge is -2.10. The topological polar surface area (TPSA) is 51.2 Å². The third-order valence-corrected chi connectivity index (χ3v) is 2.48. The van der Waals surface area contributed by atoms with Gasteiger partial charge < -0.3 is 10.1 Å². The summed E-state index contributed by atoms with van der Waals surface area (Å²) in [4.78, 5) is 15.2. The van der Waals surface area contributed by atoms with Gasteiger partial charge in [-0.1, -0.05) is 0 Å². The van der Waals surface area contributed by atoms with Crippen molar-refractivity contribution in [1.82, 2.24) is 10.3 Å². The molecule has 0 radical (unpaired) electrons. The van der Waals surface area contributed by atoms with Gasteiger partial charge in [-0.15, -0.1) is 0 Å². The standard InChI is InChI=1S/C11H13FN2O2/c12-9-4-8(5-13-6-9)11(15)14-7-10-2-1-3-16-10/h4-6,10H,1-3,7H2,(H,14,15)/t10-/m1/s1. The number of nitrogens with one attached hydrogen (secondary N) is 1. The normalized spacial score (nSPS) is 19.7. The summed E-state index contributed by atoms with van der Waals surface area (Å²) < 4.78 is 18.2. The quantitative estimate of drug-likeness (QED) is 0.837. The van der Waals surface area contributed by atoms with Crippen molar-refractivity contribution in [3.63, 3.8) is 0 Å². The third-order valence-electron chi connectivity index (χ3n) is 2.48. The summed E-state index contributed by atoms with van der Waals surface area (Å²) in [6.07, 6.45) is 4.49. The molecular formula is C11H13FN2O2. The molecule has 1 fully saturated rings. The highest BCUT2D eigenvalue weighted by atomic mass is 19.1. The van der Waals surface area contributed by atoms with Gasteiger partial charge in [0.15, 0.2) is 0 Å². The zero-order valence-electron chi connectivity index (χ0n) is 8.78. The monoisotopic (exact) mass is 224 g/mol. The van der Waals surface area contributed by atoms with Crippen molar-refractivity contribution >= 4 is 5.91 Å². The number of pyridine rings is 1. The molecule has 0 aliphatic carbocycles. The van der Waals surface area contributed by atoms with Crippen molar-refractivity contribution in [3.05, 3.63) is 29.8 Å². The van der Waals surface area contributed by atoms with Gasteiger partial charge >= 0.3 is 0 Å². The van der Waals surface area contributed by atoms with Gasteiger partial charge in [0, 0.05) is 19.3 Å². The van der Waals surface area contributed by atoms with E-state index in [-0.39, 0.29) is 17.6 Å². The Morgan fingerprint density at radius 1 is 1.62 bits per heavy atom. The molecule has 5 heteroatoms. The summed E-state index contributed by atoms with van der Waals surface area (Å²) >= 11 is 0. The molecule has 1 atom stereocenters. The summed E-state index contributed by atoms with van der Waals surface area (Å²) in [5.41, 5.74) is 0.234. The van der Waals surface area contributed by atoms with Gasteiger partial charge in [0.25, 0.3) is 5.91 Å². The lowest BCUT2D eigenvalue weighted by molar-refractivity contribution is 0.0857. The highest BCUT2D eigenvalue weighted by Crippen LogP contribution is 2.10. The highest BCUT2D eigenvalue weighted by Gasteiger charge is 2.16. The number of hydrogen-bond donors (Lipinski definition) is 1. The van der Waals surface area contributed by atoms with Gasteiger partial charge in [-0.2, -0.15) is 0 Å². The van der Waals surface area contributed by atoms with Crippen LogP contribution < -0.4 is 5.32 Å². The van der Waals surface area contributed by atoms with Crippen LogP contribution in [-0.2, 0) is 4.74 Å². The van der Waals surface area contributed by atoms with Gasteiger partial charge in [0.1, 0.15) is 5.82 Å². The average Bonchev–Trinajstić information content (AvgIpc) is 2.78. The van der Waals surface area contributed by atoms with Crippen LogP contribution in [0.1, 0.15) is 23.2 Å². The van der Waals surface area contributed by atoms with E-state index in [1.807, 2.05) is 0 Å². The van der Waals surface area contributed by atoms with Gasteiger partial charge in [-0.3, -0.25) is 9.78 Å². The van der Waals surface area contributed by atoms with Crippen molar-refractivity contribution in [2.24, 2.45) is 0 Å². The van der Waals surface area contributed by atoms with Crippen LogP contribution in [0.4, 0.5) is 4.39 Å². The second-order valence-electron chi connectivity index (χ2n) is 3.74. The van der Waals surface area contributed by atoms with Crippen LogP contribution in [-0.4, -0.2) is 30.1 Å². The second-order valence-corrected chi connectivity index (χ2v) is 3.74. The van der Waals surface area contributed by atoms with Gasteiger partial charge in [0.2, 0.25) is 0 Å². The first-order valence-corrected chi connectivity index (χ1v) is 5.26. The minimum absolute atomic E-state index is 0.0884. The number of hydrogen-bond acceptors (Lipinski definition) is 3. The van der Waals surface area contributed by atoms with E-state index in [1.165, 1.54) is 6.20 Å². The largest absolute Gasteiger partial charge is 0.376 e. The zero-order valence-corrected chi connectivity index (χ0v) is 8.78. The lowest BCUT2D eigenvalue weighted by atomic mass is 10.2. The van der Waals surface area contributed by atoms with Crippen molar-refractivity contribution in [2.45, 2.75) is 18.9 Å². The molecule has 1 aliphatic heterocycles. The van der Waals surface area contributed by atoms with Crippen LogP contribution in [0.3, 0.4) is 0 Å². The maximum absolute atomic E-state index is 12.8. The number of nitrogens with zero attached hydrogens (tertiary/aromatic N) is 1. The first kappa shape index (κ1) is 11.0. The number of carbonyl (C=O) groups excluding carboxylic acids is 1. The van der Waals surface area contributed by atoms with Crippen molar-refractivity contribution in [1.29, 1.82) is 0 Å². The molecule has 0 bridgehead atoms. The number of aromatic nitrogens is 1. The Kier molecular flexibility index (Phi) is 3.46. The number of carbonyl (C=O) groups is 1. The Balaban J connectivity index is 1.87. The minimum atomic E-state index is -0.509. The second kappa shape index (κ2) is 5.03. The van der Waals surface area contributed by atoms with Crippen LogP contribution in [0.5, 0.6) is 0 Å². The van der Waals surface area contributed by atoms with E-state index >= 15 is 0 Å². The van der Waals surface area contributed by atoms with Crippen LogP contribution in [0.2, 0.25) is 0 Å². The summed E-state index contributed by atoms with van der Waals surface area (Å²) in [7, 11) is 0. The predicted molar refractivity (Wildman–Crippen MR) is 55.5 cm³/mol. The number of rotatable bonds is 3. The maximum atomic E-state index is 12.8. The van der Waals surface area contributed by atoms with E-state index in [0.29, 0.717) is 6.54 Å². The molecule has 0 saturated carbocycles. The molecule has 0 unspecified atom stereocenters. The first-order chi connectivity index (χ1) is 7.75. The number of halogens is 1. The molecule has 0 spiro atoms. The van der Waals surface area contributed by atoms with Gasteiger partial charge in [-0.25, -0.2) is 4.39 Å². The maximum Gasteiger partial charge on any atom is 0.253 e. The molecule has 0 aromatic carbocycles. The Morgan fingerprint density at radius 2 is 2.50 bits per heavy atom. The van der Waals surface area contributed by atoms with Crippen LogP contribution >= 0.6 is 0 Å². The molecule has 1 aliphatic rings. The molecule has 16 heavy (non-hydrogen) atoms. The first-order valence-electron chi connectivity index (χ1n) is 5.26. The molecule has 1 aromatic heterocycles. The van der Waals surface area contributed by atoms with Crippen molar-refractivity contribution in [3.8, 4) is 0 Å². The average molecular weight is 224 g/mol. The Morgan fingerprint density at radius 3 is 3.19 bits per heavy atom. The van der Waals surface area contributed by atoms with E-state index in [4.69, 9.17) is 4.74 Å². The Bertz CT molecular complexity index is 378. The number of ether oxygens (including phenoxy) is 1. The molecule has 1 saturated heterocycles. The Hall–Kier alpha value is -1.49. The molecule has 1 aromatic rings. The summed E-state index contributed by atoms with van der Waals surface area (Å²) in [6, 6.07) is 1.16. The zero-order chi connectivity index (χ0) is 11.4. The lowest BCUT2D eigenvalue weighted by Crippen LogP contribution is -2.31. The van der Waals surface area contributed by atoms with Gasteiger partial charge in [0.05, 0.1) is 17.9 Å². The van der Waals surface area contributed by atoms with E-state index in [9.17, 15) is 9.18 Å². The Labute approximate surface area is 92.8 Å². The molecule has 4 nitrogen and oxygen atoms in total. The smallest absolute Gasteiger partial charge is 0.253 e. The van der Waals surface area contributed by atoms with Crippen LogP contribution in [0.15, 0.2) is 18.5 Å². The molecule has 1 amide bonds. The summed E-state index contributed by atoms with van der Waals surface area (Å²) in [5, 5.41) is 2.70. The molecule has 86 valence electrons. The van der Waals surface area contributed by atoms with E-state index < -0.39 is 5.82 Å². The van der Waals surface area contributed by atoms with Crippen LogP contribution in [0, 0.1) is 5.82 Å². The van der Waals surface area contributed by atoms with E-state index in [0.717, 1.165) is 31.7 Å². The van der Waals surface area contributed by atoms with E-state index in [2.05, 4.69) is 10.3 Å². The third kappa shape index (κ3) is 2.76. The van der Waals surface area contributed by atoms with Crippen molar-refractivity contribution in [2.75, 3.05) is 13.2 Å². The molecular weight excluding hydrogens is 211 g/mol. The molecule has 2 heterocycles. The number of amides is 1. The summed E-state index contributed by atoms with van der Waals surface area (Å²) in [6.45, 7) is 1.22. The fourth-order valence-corrected chi connectivity index (χ4v) is 1.65. The minimum Gasteiger partial charge on any atom is -0.376 e. The van der Waals surface area contributed by atoms with Gasteiger partial charge in [-0.05, 0) is 18.9 Å². The summed E-state index contributed by atoms with van der Waals surface area (Å²) in [5.74, 6) is -0.827. The molecule has 2 rings (SSSR count). The predicted octanol–water partition coefficient (Wildman–Crippen LogP) is 1.13. The van der Waals surface area contributed by atoms with Crippen LogP contribution in [0.25, 0.3) is 0 Å². The fraction of sp³-hybridized carbons (Fsp3) is 0.455. The fourth-order valence-electron chi connectivity index (χ4n) is 1.65. The van der Waals surface area contributed by atoms with Crippen molar-refractivity contribution < 1.29 is 13.9 Å². The molecule has 1 N–H and O–H groups in total.